The summed E-state index contributed by atoms with van der Waals surface area (Å²) in [5, 5.41) is 0. The van der Waals surface area contributed by atoms with Crippen molar-refractivity contribution in [1.29, 1.82) is 0 Å². The first kappa shape index (κ1) is 13.7. The summed E-state index contributed by atoms with van der Waals surface area (Å²) in [6.45, 7) is 8.91. The maximum atomic E-state index is 4.86. The molecule has 2 aliphatic rings. The van der Waals surface area contributed by atoms with Gasteiger partial charge in [-0.25, -0.2) is 4.98 Å². The highest BCUT2D eigenvalue weighted by atomic mass is 15.3. The quantitative estimate of drug-likeness (QED) is 0.830. The van der Waals surface area contributed by atoms with Gasteiger partial charge in [0.05, 0.1) is 0 Å². The molecule has 0 spiro atoms. The molecule has 0 aliphatic carbocycles. The fourth-order valence-electron chi connectivity index (χ4n) is 3.33. The zero-order chi connectivity index (χ0) is 13.9. The number of rotatable bonds is 2. The van der Waals surface area contributed by atoms with E-state index in [9.17, 15) is 0 Å². The highest BCUT2D eigenvalue weighted by molar-refractivity contribution is 5.46. The van der Waals surface area contributed by atoms with Crippen molar-refractivity contribution in [1.82, 2.24) is 9.97 Å². The number of aryl methyl sites for hydroxylation is 1. The molecule has 1 aromatic heterocycles. The molecular formula is C16H26N4. The van der Waals surface area contributed by atoms with E-state index in [1.165, 1.54) is 32.1 Å². The molecule has 0 aromatic carbocycles. The molecule has 4 heteroatoms. The van der Waals surface area contributed by atoms with Gasteiger partial charge >= 0.3 is 0 Å². The summed E-state index contributed by atoms with van der Waals surface area (Å²) < 4.78 is 0. The first-order valence-electron chi connectivity index (χ1n) is 8.08. The fraction of sp³-hybridized carbons (Fsp3) is 0.750. The molecule has 0 radical (unpaired) electrons. The summed E-state index contributed by atoms with van der Waals surface area (Å²) >= 11 is 0. The van der Waals surface area contributed by atoms with Crippen LogP contribution in [0.2, 0.25) is 0 Å². The lowest BCUT2D eigenvalue weighted by atomic mass is 10.0. The normalized spacial score (nSPS) is 24.0. The first-order valence-corrected chi connectivity index (χ1v) is 8.08. The third kappa shape index (κ3) is 3.05. The molecule has 2 aliphatic heterocycles. The number of piperidine rings is 2. The molecule has 2 fully saturated rings. The molecule has 0 saturated carbocycles. The van der Waals surface area contributed by atoms with Gasteiger partial charge in [-0.05, 0) is 44.9 Å². The van der Waals surface area contributed by atoms with Gasteiger partial charge in [0.15, 0.2) is 0 Å². The van der Waals surface area contributed by atoms with Crippen LogP contribution in [-0.4, -0.2) is 36.1 Å². The van der Waals surface area contributed by atoms with E-state index < -0.39 is 0 Å². The Morgan fingerprint density at radius 3 is 2.50 bits per heavy atom. The molecule has 1 unspecified atom stereocenters. The minimum Gasteiger partial charge on any atom is -0.356 e. The Kier molecular flexibility index (Phi) is 4.08. The van der Waals surface area contributed by atoms with E-state index in [-0.39, 0.29) is 0 Å². The van der Waals surface area contributed by atoms with Crippen LogP contribution in [0.15, 0.2) is 6.07 Å². The molecule has 3 heterocycles. The predicted octanol–water partition coefficient (Wildman–Crippen LogP) is 3.01. The van der Waals surface area contributed by atoms with Gasteiger partial charge in [-0.15, -0.1) is 0 Å². The lowest BCUT2D eigenvalue weighted by Crippen LogP contribution is -2.36. The summed E-state index contributed by atoms with van der Waals surface area (Å²) in [4.78, 5) is 14.3. The monoisotopic (exact) mass is 274 g/mol. The van der Waals surface area contributed by atoms with Crippen LogP contribution in [0.25, 0.3) is 0 Å². The van der Waals surface area contributed by atoms with Gasteiger partial charge < -0.3 is 9.80 Å². The van der Waals surface area contributed by atoms with Gasteiger partial charge in [0.25, 0.3) is 0 Å². The fourth-order valence-corrected chi connectivity index (χ4v) is 3.33. The second-order valence-electron chi connectivity index (χ2n) is 6.41. The van der Waals surface area contributed by atoms with E-state index >= 15 is 0 Å². The maximum absolute atomic E-state index is 4.86. The lowest BCUT2D eigenvalue weighted by molar-refractivity contribution is 0.441. The summed E-state index contributed by atoms with van der Waals surface area (Å²) in [7, 11) is 0. The number of hydrogen-bond donors (Lipinski definition) is 0. The number of nitrogens with zero attached hydrogens (tertiary/aromatic N) is 4. The third-order valence-corrected chi connectivity index (χ3v) is 4.45. The molecule has 1 atom stereocenters. The standard InChI is InChI=1S/C16H26N4/c1-13-7-6-10-20(12-13)16-17-14(2)11-15(18-16)19-8-4-3-5-9-19/h11,13H,3-10,12H2,1-2H3. The van der Waals surface area contributed by atoms with Crippen molar-refractivity contribution in [2.45, 2.75) is 46.0 Å². The lowest BCUT2D eigenvalue weighted by Gasteiger charge is -2.33. The van der Waals surface area contributed by atoms with Crippen LogP contribution in [0.1, 0.15) is 44.7 Å². The van der Waals surface area contributed by atoms with Crippen LogP contribution in [0.5, 0.6) is 0 Å². The Labute approximate surface area is 122 Å². The second kappa shape index (κ2) is 5.98. The minimum absolute atomic E-state index is 0.756. The third-order valence-electron chi connectivity index (χ3n) is 4.45. The van der Waals surface area contributed by atoms with E-state index in [2.05, 4.69) is 34.7 Å². The van der Waals surface area contributed by atoms with Gasteiger partial charge in [-0.2, -0.15) is 4.98 Å². The first-order chi connectivity index (χ1) is 9.72. The van der Waals surface area contributed by atoms with Crippen LogP contribution >= 0.6 is 0 Å². The average molecular weight is 274 g/mol. The Bertz CT molecular complexity index is 454. The Balaban J connectivity index is 1.82. The molecule has 20 heavy (non-hydrogen) atoms. The van der Waals surface area contributed by atoms with Gasteiger partial charge in [-0.3, -0.25) is 0 Å². The Morgan fingerprint density at radius 1 is 1.00 bits per heavy atom. The van der Waals surface area contributed by atoms with Gasteiger partial charge in [0.2, 0.25) is 5.95 Å². The zero-order valence-electron chi connectivity index (χ0n) is 12.8. The second-order valence-corrected chi connectivity index (χ2v) is 6.41. The van der Waals surface area contributed by atoms with Gasteiger partial charge in [0, 0.05) is 37.9 Å². The number of hydrogen-bond acceptors (Lipinski definition) is 4. The molecule has 2 saturated heterocycles. The Hall–Kier alpha value is -1.32. The van der Waals surface area contributed by atoms with Crippen molar-refractivity contribution in [2.75, 3.05) is 36.0 Å². The van der Waals surface area contributed by atoms with Crippen LogP contribution in [0.3, 0.4) is 0 Å². The van der Waals surface area contributed by atoms with Crippen LogP contribution in [-0.2, 0) is 0 Å². The average Bonchev–Trinajstić information content (AvgIpc) is 2.47. The van der Waals surface area contributed by atoms with Crippen LogP contribution in [0.4, 0.5) is 11.8 Å². The molecule has 0 N–H and O–H groups in total. The van der Waals surface area contributed by atoms with Gasteiger partial charge in [0.1, 0.15) is 5.82 Å². The molecule has 1 aromatic rings. The maximum Gasteiger partial charge on any atom is 0.227 e. The van der Waals surface area contributed by atoms with Crippen molar-refractivity contribution >= 4 is 11.8 Å². The minimum atomic E-state index is 0.756. The molecule has 4 nitrogen and oxygen atoms in total. The van der Waals surface area contributed by atoms with E-state index in [1.54, 1.807) is 0 Å². The van der Waals surface area contributed by atoms with E-state index in [4.69, 9.17) is 4.98 Å². The topological polar surface area (TPSA) is 32.3 Å². The summed E-state index contributed by atoms with van der Waals surface area (Å²) in [5.74, 6) is 2.83. The SMILES string of the molecule is Cc1cc(N2CCCCC2)nc(N2CCCC(C)C2)n1. The smallest absolute Gasteiger partial charge is 0.227 e. The predicted molar refractivity (Wildman–Crippen MR) is 83.4 cm³/mol. The van der Waals surface area contributed by atoms with Gasteiger partial charge in [-0.1, -0.05) is 6.92 Å². The Morgan fingerprint density at radius 2 is 1.75 bits per heavy atom. The van der Waals surface area contributed by atoms with Crippen molar-refractivity contribution in [2.24, 2.45) is 5.92 Å². The van der Waals surface area contributed by atoms with E-state index in [0.29, 0.717) is 0 Å². The molecule has 0 bridgehead atoms. The van der Waals surface area contributed by atoms with Crippen molar-refractivity contribution in [3.63, 3.8) is 0 Å². The van der Waals surface area contributed by atoms with E-state index in [1.807, 2.05) is 0 Å². The van der Waals surface area contributed by atoms with Crippen molar-refractivity contribution in [3.8, 4) is 0 Å². The molecule has 0 amide bonds. The molecule has 3 rings (SSSR count). The van der Waals surface area contributed by atoms with Crippen LogP contribution in [0, 0.1) is 12.8 Å². The number of anilines is 2. The summed E-state index contributed by atoms with van der Waals surface area (Å²) in [6, 6.07) is 2.14. The number of aromatic nitrogens is 2. The molecule has 110 valence electrons. The summed E-state index contributed by atoms with van der Waals surface area (Å²) in [6.07, 6.45) is 6.54. The largest absolute Gasteiger partial charge is 0.356 e. The highest BCUT2D eigenvalue weighted by Gasteiger charge is 2.20. The summed E-state index contributed by atoms with van der Waals surface area (Å²) in [5.41, 5.74) is 1.09. The van der Waals surface area contributed by atoms with Crippen molar-refractivity contribution < 1.29 is 0 Å². The highest BCUT2D eigenvalue weighted by Crippen LogP contribution is 2.24. The zero-order valence-corrected chi connectivity index (χ0v) is 12.8. The van der Waals surface area contributed by atoms with Crippen molar-refractivity contribution in [3.05, 3.63) is 11.8 Å². The molecular weight excluding hydrogens is 248 g/mol. The van der Waals surface area contributed by atoms with E-state index in [0.717, 1.165) is 49.6 Å². The van der Waals surface area contributed by atoms with Crippen LogP contribution < -0.4 is 9.80 Å².